The molecule has 0 fully saturated rings. The van der Waals surface area contributed by atoms with E-state index in [2.05, 4.69) is 73.8 Å². The Balaban J connectivity index is 3.64. The van der Waals surface area contributed by atoms with Crippen LogP contribution >= 0.6 is 0 Å². The lowest BCUT2D eigenvalue weighted by Gasteiger charge is -2.41. The fourth-order valence-corrected chi connectivity index (χ4v) is 7.43. The molecule has 49 heavy (non-hydrogen) atoms. The number of hydrogen-bond acceptors (Lipinski definition) is 7. The van der Waals surface area contributed by atoms with Crippen molar-refractivity contribution in [3.8, 4) is 0 Å². The van der Waals surface area contributed by atoms with Gasteiger partial charge in [-0.05, 0) is 87.8 Å². The molecule has 0 aromatic heterocycles. The molecular formula is C39H67NO7Si2. The van der Waals surface area contributed by atoms with E-state index in [-0.39, 0.29) is 22.1 Å². The molecule has 5 atom stereocenters. The monoisotopic (exact) mass is 717 g/mol. The van der Waals surface area contributed by atoms with Crippen molar-refractivity contribution >= 4 is 35.0 Å². The molecule has 0 radical (unpaired) electrons. The van der Waals surface area contributed by atoms with Crippen molar-refractivity contribution in [2.75, 3.05) is 0 Å². The van der Waals surface area contributed by atoms with Crippen LogP contribution in [0, 0.1) is 5.92 Å². The molecule has 1 aliphatic heterocycles. The van der Waals surface area contributed by atoms with Crippen molar-refractivity contribution in [2.45, 2.75) is 162 Å². The van der Waals surface area contributed by atoms with Crippen LogP contribution in [0.1, 0.15) is 101 Å². The van der Waals surface area contributed by atoms with Crippen molar-refractivity contribution in [3.63, 3.8) is 0 Å². The van der Waals surface area contributed by atoms with Crippen molar-refractivity contribution in [1.29, 1.82) is 0 Å². The average Bonchev–Trinajstić information content (AvgIpc) is 2.95. The van der Waals surface area contributed by atoms with Gasteiger partial charge in [-0.2, -0.15) is 0 Å². The third kappa shape index (κ3) is 16.4. The summed E-state index contributed by atoms with van der Waals surface area (Å²) in [5.74, 6) is -0.552. The summed E-state index contributed by atoms with van der Waals surface area (Å²) in [4.78, 5) is 36.4. The minimum absolute atomic E-state index is 0.00858. The normalized spacial score (nSPS) is 27.1. The summed E-state index contributed by atoms with van der Waals surface area (Å²) in [5, 5.41) is -0.0557. The lowest BCUT2D eigenvalue weighted by Crippen LogP contribution is -2.48. The molecule has 0 saturated heterocycles. The van der Waals surface area contributed by atoms with Crippen LogP contribution in [-0.4, -0.2) is 59.4 Å². The second-order valence-electron chi connectivity index (χ2n) is 16.5. The van der Waals surface area contributed by atoms with E-state index in [0.29, 0.717) is 31.3 Å². The molecule has 0 spiro atoms. The first-order chi connectivity index (χ1) is 22.5. The van der Waals surface area contributed by atoms with E-state index in [0.717, 1.165) is 24.7 Å². The summed E-state index contributed by atoms with van der Waals surface area (Å²) in [6.45, 7) is 27.8. The lowest BCUT2D eigenvalue weighted by atomic mass is 9.96. The standard InChI is InChI=1S/C39H67NO7Si2/c1-29-20-16-14-18-22-33(45-37(40)43)34(47-49(12,13)39(7,8)9)25-24-32(46-48(10,11)38(4,5)6)21-17-15-19-23-36(42)44-35(27-29)31(3)26-30(2)28-41/h14,16,19-20,23-26,28,31-35H,15,17-18,21-22,27H2,1-13H3,(H2,40,43)/b16-14+,23-19+,25-24+,29-20+,30-26+. The van der Waals surface area contributed by atoms with Gasteiger partial charge in [-0.15, -0.1) is 0 Å². The van der Waals surface area contributed by atoms with Gasteiger partial charge < -0.3 is 24.1 Å². The highest BCUT2D eigenvalue weighted by Gasteiger charge is 2.42. The number of carbonyl (C=O) groups excluding carboxylic acids is 3. The summed E-state index contributed by atoms with van der Waals surface area (Å²) < 4.78 is 25.5. The zero-order chi connectivity index (χ0) is 37.6. The third-order valence-electron chi connectivity index (χ3n) is 9.98. The number of amides is 1. The molecular weight excluding hydrogens is 651 g/mol. The van der Waals surface area contributed by atoms with Gasteiger partial charge >= 0.3 is 12.1 Å². The molecule has 278 valence electrons. The van der Waals surface area contributed by atoms with Crippen LogP contribution in [0.15, 0.2) is 59.8 Å². The van der Waals surface area contributed by atoms with Crippen LogP contribution in [0.25, 0.3) is 0 Å². The van der Waals surface area contributed by atoms with Gasteiger partial charge in [-0.1, -0.05) is 96.6 Å². The molecule has 1 heterocycles. The van der Waals surface area contributed by atoms with E-state index in [9.17, 15) is 14.4 Å². The number of aldehydes is 1. The summed E-state index contributed by atoms with van der Waals surface area (Å²) in [5.41, 5.74) is 7.24. The fraction of sp³-hybridized carbons (Fsp3) is 0.667. The number of esters is 1. The molecule has 0 saturated carbocycles. The van der Waals surface area contributed by atoms with Crippen LogP contribution in [0.3, 0.4) is 0 Å². The largest absolute Gasteiger partial charge is 0.458 e. The van der Waals surface area contributed by atoms with Gasteiger partial charge in [0.2, 0.25) is 0 Å². The first-order valence-electron chi connectivity index (χ1n) is 17.8. The number of rotatable bonds is 8. The molecule has 8 nitrogen and oxygen atoms in total. The van der Waals surface area contributed by atoms with E-state index in [1.165, 1.54) is 6.08 Å². The highest BCUT2D eigenvalue weighted by molar-refractivity contribution is 6.74. The first kappa shape index (κ1) is 44.5. The second-order valence-corrected chi connectivity index (χ2v) is 26.1. The SMILES string of the molecule is C/C(C=O)=C\C(C)C1C/C(C)=C/C=C/CCC(OC(N)=O)C(O[Si](C)(C)C(C)(C)C)/C=C/C(O[Si](C)(C)C(C)(C)C)CCC/C=C/C(=O)O1. The molecule has 0 aliphatic carbocycles. The first-order valence-corrected chi connectivity index (χ1v) is 23.6. The van der Waals surface area contributed by atoms with Crippen LogP contribution in [-0.2, 0) is 27.9 Å². The predicted molar refractivity (Wildman–Crippen MR) is 206 cm³/mol. The number of ether oxygens (including phenoxy) is 2. The minimum atomic E-state index is -2.29. The molecule has 0 bridgehead atoms. The number of hydrogen-bond donors (Lipinski definition) is 1. The van der Waals surface area contributed by atoms with Gasteiger partial charge in [0.05, 0.1) is 6.10 Å². The molecule has 0 aromatic rings. The molecule has 0 aromatic carbocycles. The quantitative estimate of drug-likeness (QED) is 0.0874. The highest BCUT2D eigenvalue weighted by Crippen LogP contribution is 2.40. The lowest BCUT2D eigenvalue weighted by molar-refractivity contribution is -0.144. The number of primary amides is 1. The molecule has 1 rings (SSSR count). The van der Waals surface area contributed by atoms with Crippen LogP contribution in [0.4, 0.5) is 4.79 Å². The maximum atomic E-state index is 12.9. The number of allylic oxidation sites excluding steroid dienone is 5. The number of nitrogens with two attached hydrogens (primary N) is 1. The van der Waals surface area contributed by atoms with Crippen molar-refractivity contribution in [1.82, 2.24) is 0 Å². The molecule has 10 heteroatoms. The molecule has 5 unspecified atom stereocenters. The molecule has 1 amide bonds. The highest BCUT2D eigenvalue weighted by atomic mass is 28.4. The van der Waals surface area contributed by atoms with Crippen LogP contribution in [0.2, 0.25) is 36.3 Å². The van der Waals surface area contributed by atoms with Crippen LogP contribution < -0.4 is 5.73 Å². The Bertz CT molecular complexity index is 1230. The Hall–Kier alpha value is -2.54. The summed E-state index contributed by atoms with van der Waals surface area (Å²) >= 11 is 0. The molecule has 1 aliphatic rings. The number of cyclic esters (lactones) is 1. The van der Waals surface area contributed by atoms with E-state index >= 15 is 0 Å². The topological polar surface area (TPSA) is 114 Å². The average molecular weight is 718 g/mol. The van der Waals surface area contributed by atoms with Gasteiger partial charge in [-0.3, -0.25) is 4.79 Å². The van der Waals surface area contributed by atoms with Gasteiger partial charge in [0.15, 0.2) is 16.6 Å². The maximum Gasteiger partial charge on any atom is 0.404 e. The fourth-order valence-electron chi connectivity index (χ4n) is 4.85. The van der Waals surface area contributed by atoms with Crippen molar-refractivity contribution < 1.29 is 32.7 Å². The van der Waals surface area contributed by atoms with Crippen molar-refractivity contribution in [2.24, 2.45) is 11.7 Å². The zero-order valence-electron chi connectivity index (χ0n) is 32.8. The zero-order valence-corrected chi connectivity index (χ0v) is 34.8. The van der Waals surface area contributed by atoms with E-state index in [1.807, 2.05) is 50.3 Å². The Morgan fingerprint density at radius 2 is 1.59 bits per heavy atom. The smallest absolute Gasteiger partial charge is 0.404 e. The Labute approximate surface area is 299 Å². The van der Waals surface area contributed by atoms with Gasteiger partial charge in [0.25, 0.3) is 0 Å². The van der Waals surface area contributed by atoms with E-state index < -0.39 is 47.0 Å². The van der Waals surface area contributed by atoms with Gasteiger partial charge in [-0.25, -0.2) is 9.59 Å². The number of carbonyl (C=O) groups is 3. The third-order valence-corrected chi connectivity index (χ3v) is 19.0. The van der Waals surface area contributed by atoms with Gasteiger partial charge in [0, 0.05) is 18.4 Å². The van der Waals surface area contributed by atoms with Crippen molar-refractivity contribution in [3.05, 3.63) is 59.8 Å². The van der Waals surface area contributed by atoms with E-state index in [1.54, 1.807) is 6.92 Å². The second kappa shape index (κ2) is 19.7. The minimum Gasteiger partial charge on any atom is -0.458 e. The Morgan fingerprint density at radius 3 is 2.16 bits per heavy atom. The molecule has 2 N–H and O–H groups in total. The van der Waals surface area contributed by atoms with Gasteiger partial charge in [0.1, 0.15) is 24.6 Å². The summed E-state index contributed by atoms with van der Waals surface area (Å²) in [7, 11) is -4.45. The predicted octanol–water partition coefficient (Wildman–Crippen LogP) is 9.89. The Kier molecular flexibility index (Phi) is 17.9. The van der Waals surface area contributed by atoms with Crippen LogP contribution in [0.5, 0.6) is 0 Å². The summed E-state index contributed by atoms with van der Waals surface area (Å²) in [6.07, 6.45) is 17.4. The maximum absolute atomic E-state index is 12.9. The Morgan fingerprint density at radius 1 is 0.980 bits per heavy atom. The van der Waals surface area contributed by atoms with E-state index in [4.69, 9.17) is 24.1 Å². The summed E-state index contributed by atoms with van der Waals surface area (Å²) in [6, 6.07) is 0.